The van der Waals surface area contributed by atoms with Gasteiger partial charge in [-0.25, -0.2) is 13.1 Å². The number of rotatable bonds is 5. The van der Waals surface area contributed by atoms with Crippen LogP contribution in [0.4, 0.5) is 5.69 Å². The Hall–Kier alpha value is -2.77. The van der Waals surface area contributed by atoms with Crippen LogP contribution in [0.5, 0.6) is 0 Å². The molecule has 1 aliphatic rings. The Labute approximate surface area is 157 Å². The fourth-order valence-corrected chi connectivity index (χ4v) is 4.14. The third kappa shape index (κ3) is 3.84. The number of amides is 1. The van der Waals surface area contributed by atoms with Gasteiger partial charge >= 0.3 is 0 Å². The van der Waals surface area contributed by atoms with E-state index in [0.717, 1.165) is 29.3 Å². The lowest BCUT2D eigenvalue weighted by molar-refractivity contribution is 0.102. The molecule has 1 aromatic heterocycles. The van der Waals surface area contributed by atoms with Crippen LogP contribution in [0.2, 0.25) is 0 Å². The largest absolute Gasteiger partial charge is 0.321 e. The summed E-state index contributed by atoms with van der Waals surface area (Å²) < 4.78 is 27.1. The Balaban J connectivity index is 1.56. The lowest BCUT2D eigenvalue weighted by Crippen LogP contribution is -2.25. The Morgan fingerprint density at radius 2 is 1.81 bits per heavy atom. The number of carbonyl (C=O) groups is 1. The van der Waals surface area contributed by atoms with E-state index < -0.39 is 10.0 Å². The summed E-state index contributed by atoms with van der Waals surface area (Å²) in [4.78, 5) is 17.1. The number of fused-ring (bicyclic) bond motifs is 1. The molecule has 6 nitrogen and oxygen atoms in total. The lowest BCUT2D eigenvalue weighted by Gasteiger charge is -2.10. The van der Waals surface area contributed by atoms with Crippen LogP contribution in [0.3, 0.4) is 0 Å². The second-order valence-corrected chi connectivity index (χ2v) is 8.47. The van der Waals surface area contributed by atoms with Gasteiger partial charge in [0, 0.05) is 23.2 Å². The van der Waals surface area contributed by atoms with Gasteiger partial charge in [-0.2, -0.15) is 0 Å². The summed E-state index contributed by atoms with van der Waals surface area (Å²) in [5.41, 5.74) is 2.92. The van der Waals surface area contributed by atoms with Gasteiger partial charge in [0.15, 0.2) is 0 Å². The molecule has 27 heavy (non-hydrogen) atoms. The SMILES string of the molecule is Cc1ccc2nccc(NC(=O)c3ccc(S(=O)(=O)NC4CC4)cc3)c2c1. The van der Waals surface area contributed by atoms with Crippen molar-refractivity contribution >= 4 is 32.5 Å². The Morgan fingerprint density at radius 3 is 2.52 bits per heavy atom. The molecule has 1 saturated carbocycles. The molecule has 1 amide bonds. The predicted molar refractivity (Wildman–Crippen MR) is 104 cm³/mol. The van der Waals surface area contributed by atoms with Crippen LogP contribution in [0, 0.1) is 6.92 Å². The summed E-state index contributed by atoms with van der Waals surface area (Å²) in [5, 5.41) is 3.74. The third-order valence-electron chi connectivity index (χ3n) is 4.47. The molecule has 0 atom stereocenters. The van der Waals surface area contributed by atoms with Gasteiger partial charge in [-0.05, 0) is 62.2 Å². The van der Waals surface area contributed by atoms with Crippen LogP contribution in [0.25, 0.3) is 10.9 Å². The molecular formula is C20H19N3O3S. The molecular weight excluding hydrogens is 362 g/mol. The van der Waals surface area contributed by atoms with Crippen LogP contribution < -0.4 is 10.0 Å². The number of carbonyl (C=O) groups excluding carboxylic acids is 1. The molecule has 1 fully saturated rings. The molecule has 1 heterocycles. The first-order chi connectivity index (χ1) is 12.9. The minimum Gasteiger partial charge on any atom is -0.321 e. The maximum Gasteiger partial charge on any atom is 0.255 e. The van der Waals surface area contributed by atoms with E-state index in [0.29, 0.717) is 11.3 Å². The minimum absolute atomic E-state index is 0.0430. The average Bonchev–Trinajstić information content (AvgIpc) is 3.45. The quantitative estimate of drug-likeness (QED) is 0.710. The van der Waals surface area contributed by atoms with Gasteiger partial charge in [-0.1, -0.05) is 11.6 Å². The fourth-order valence-electron chi connectivity index (χ4n) is 2.84. The van der Waals surface area contributed by atoms with Gasteiger partial charge in [0.05, 0.1) is 16.1 Å². The number of aryl methyl sites for hydroxylation is 1. The summed E-state index contributed by atoms with van der Waals surface area (Å²) in [6.07, 6.45) is 3.39. The standard InChI is InChI=1S/C20H19N3O3S/c1-13-2-9-18-17(12-13)19(10-11-21-18)22-20(24)14-3-7-16(8-4-14)27(25,26)23-15-5-6-15/h2-4,7-12,15,23H,5-6H2,1H3,(H,21,22,24). The number of anilines is 1. The zero-order valence-electron chi connectivity index (χ0n) is 14.8. The van der Waals surface area contributed by atoms with E-state index in [9.17, 15) is 13.2 Å². The molecule has 0 aliphatic heterocycles. The average molecular weight is 381 g/mol. The van der Waals surface area contributed by atoms with Crippen molar-refractivity contribution < 1.29 is 13.2 Å². The van der Waals surface area contributed by atoms with Crippen LogP contribution >= 0.6 is 0 Å². The second kappa shape index (κ2) is 6.75. The molecule has 2 aromatic carbocycles. The highest BCUT2D eigenvalue weighted by atomic mass is 32.2. The van der Waals surface area contributed by atoms with Gasteiger partial charge in [0.25, 0.3) is 5.91 Å². The summed E-state index contributed by atoms with van der Waals surface area (Å²) in [6.45, 7) is 1.98. The molecule has 0 saturated heterocycles. The minimum atomic E-state index is -3.52. The van der Waals surface area contributed by atoms with Crippen molar-refractivity contribution in [1.82, 2.24) is 9.71 Å². The number of nitrogens with one attached hydrogen (secondary N) is 2. The summed E-state index contributed by atoms with van der Waals surface area (Å²) in [5.74, 6) is -0.303. The number of aromatic nitrogens is 1. The van der Waals surface area contributed by atoms with Crippen molar-refractivity contribution in [3.63, 3.8) is 0 Å². The smallest absolute Gasteiger partial charge is 0.255 e. The number of pyridine rings is 1. The normalized spacial score (nSPS) is 14.3. The molecule has 4 rings (SSSR count). The highest BCUT2D eigenvalue weighted by Gasteiger charge is 2.28. The van der Waals surface area contributed by atoms with Crippen LogP contribution in [-0.2, 0) is 10.0 Å². The molecule has 0 unspecified atom stereocenters. The van der Waals surface area contributed by atoms with E-state index in [-0.39, 0.29) is 16.8 Å². The van der Waals surface area contributed by atoms with Crippen molar-refractivity contribution in [2.45, 2.75) is 30.7 Å². The number of hydrogen-bond acceptors (Lipinski definition) is 4. The first-order valence-corrected chi connectivity index (χ1v) is 10.2. The molecule has 0 radical (unpaired) electrons. The first-order valence-electron chi connectivity index (χ1n) is 8.71. The van der Waals surface area contributed by atoms with Gasteiger partial charge in [0.2, 0.25) is 10.0 Å². The van der Waals surface area contributed by atoms with E-state index in [2.05, 4.69) is 15.0 Å². The van der Waals surface area contributed by atoms with Crippen LogP contribution in [0.15, 0.2) is 59.6 Å². The molecule has 3 aromatic rings. The van der Waals surface area contributed by atoms with Gasteiger partial charge in [0.1, 0.15) is 0 Å². The molecule has 7 heteroatoms. The Morgan fingerprint density at radius 1 is 1.07 bits per heavy atom. The van der Waals surface area contributed by atoms with Crippen molar-refractivity contribution in [2.24, 2.45) is 0 Å². The predicted octanol–water partition coefficient (Wildman–Crippen LogP) is 3.24. The molecule has 1 aliphatic carbocycles. The molecule has 0 spiro atoms. The molecule has 0 bridgehead atoms. The van der Waals surface area contributed by atoms with E-state index >= 15 is 0 Å². The second-order valence-electron chi connectivity index (χ2n) is 6.75. The highest BCUT2D eigenvalue weighted by Crippen LogP contribution is 2.24. The summed E-state index contributed by atoms with van der Waals surface area (Å²) in [7, 11) is -3.52. The zero-order valence-corrected chi connectivity index (χ0v) is 15.6. The van der Waals surface area contributed by atoms with Gasteiger partial charge < -0.3 is 5.32 Å². The highest BCUT2D eigenvalue weighted by molar-refractivity contribution is 7.89. The van der Waals surface area contributed by atoms with E-state index in [4.69, 9.17) is 0 Å². The molecule has 2 N–H and O–H groups in total. The van der Waals surface area contributed by atoms with Crippen LogP contribution in [-0.4, -0.2) is 25.4 Å². The number of benzene rings is 2. The Bertz CT molecular complexity index is 1120. The molecule has 138 valence electrons. The van der Waals surface area contributed by atoms with Crippen molar-refractivity contribution in [3.05, 3.63) is 65.9 Å². The summed E-state index contributed by atoms with van der Waals surface area (Å²) in [6, 6.07) is 13.6. The van der Waals surface area contributed by atoms with E-state index in [1.807, 2.05) is 25.1 Å². The maximum atomic E-state index is 12.6. The van der Waals surface area contributed by atoms with E-state index in [1.165, 1.54) is 24.3 Å². The van der Waals surface area contributed by atoms with Gasteiger partial charge in [-0.15, -0.1) is 0 Å². The fraction of sp³-hybridized carbons (Fsp3) is 0.200. The first kappa shape index (κ1) is 17.6. The van der Waals surface area contributed by atoms with Gasteiger partial charge in [-0.3, -0.25) is 9.78 Å². The van der Waals surface area contributed by atoms with Crippen molar-refractivity contribution in [3.8, 4) is 0 Å². The number of nitrogens with zero attached hydrogens (tertiary/aromatic N) is 1. The monoisotopic (exact) mass is 381 g/mol. The van der Waals surface area contributed by atoms with Crippen molar-refractivity contribution in [2.75, 3.05) is 5.32 Å². The topological polar surface area (TPSA) is 88.2 Å². The maximum absolute atomic E-state index is 12.6. The van der Waals surface area contributed by atoms with Crippen molar-refractivity contribution in [1.29, 1.82) is 0 Å². The zero-order chi connectivity index (χ0) is 19.0. The number of hydrogen-bond donors (Lipinski definition) is 2. The summed E-state index contributed by atoms with van der Waals surface area (Å²) >= 11 is 0. The third-order valence-corrected chi connectivity index (χ3v) is 6.01. The Kier molecular flexibility index (Phi) is 4.41. The number of sulfonamides is 1. The lowest BCUT2D eigenvalue weighted by atomic mass is 10.1. The van der Waals surface area contributed by atoms with Crippen LogP contribution in [0.1, 0.15) is 28.8 Å². The van der Waals surface area contributed by atoms with E-state index in [1.54, 1.807) is 12.3 Å².